The lowest BCUT2D eigenvalue weighted by Crippen LogP contribution is -2.32. The molecule has 0 unspecified atom stereocenters. The summed E-state index contributed by atoms with van der Waals surface area (Å²) in [6.45, 7) is 0.543. The van der Waals surface area contributed by atoms with E-state index in [9.17, 15) is 13.6 Å². The number of benzene rings is 2. The van der Waals surface area contributed by atoms with Gasteiger partial charge in [0.05, 0.1) is 5.69 Å². The van der Waals surface area contributed by atoms with Crippen LogP contribution in [0.3, 0.4) is 0 Å². The third-order valence-electron chi connectivity index (χ3n) is 3.29. The zero-order valence-corrected chi connectivity index (χ0v) is 12.0. The lowest BCUT2D eigenvalue weighted by atomic mass is 10.1. The van der Waals surface area contributed by atoms with Crippen molar-refractivity contribution in [1.29, 1.82) is 0 Å². The van der Waals surface area contributed by atoms with Crippen molar-refractivity contribution in [2.45, 2.75) is 11.3 Å². The quantitative estimate of drug-likeness (QED) is 0.790. The van der Waals surface area contributed by atoms with E-state index in [0.29, 0.717) is 6.54 Å². The van der Waals surface area contributed by atoms with Crippen molar-refractivity contribution in [2.24, 2.45) is 0 Å². The first-order chi connectivity index (χ1) is 10.1. The molecule has 2 aromatic rings. The Balaban J connectivity index is 2.01. The van der Waals surface area contributed by atoms with Gasteiger partial charge in [-0.3, -0.25) is 4.79 Å². The van der Waals surface area contributed by atoms with Gasteiger partial charge in [-0.1, -0.05) is 12.1 Å². The molecule has 0 bridgehead atoms. The Bertz CT molecular complexity index is 669. The molecule has 0 N–H and O–H groups in total. The molecule has 5 heteroatoms. The molecule has 0 saturated heterocycles. The van der Waals surface area contributed by atoms with Crippen LogP contribution in [0.2, 0.25) is 0 Å². The highest BCUT2D eigenvalue weighted by atomic mass is 32.2. The molecule has 2 aromatic carbocycles. The fourth-order valence-corrected chi connectivity index (χ4v) is 3.37. The SMILES string of the molecule is O=C(c1cc(F)cc(F)c1)N1CCCSc2ccccc21. The van der Waals surface area contributed by atoms with Crippen molar-refractivity contribution in [3.8, 4) is 0 Å². The van der Waals surface area contributed by atoms with Gasteiger partial charge in [0.25, 0.3) is 5.91 Å². The summed E-state index contributed by atoms with van der Waals surface area (Å²) in [7, 11) is 0. The maximum atomic E-state index is 13.3. The second-order valence-corrected chi connectivity index (χ2v) is 5.92. The van der Waals surface area contributed by atoms with Crippen LogP contribution in [0.4, 0.5) is 14.5 Å². The lowest BCUT2D eigenvalue weighted by molar-refractivity contribution is 0.0986. The number of rotatable bonds is 1. The highest BCUT2D eigenvalue weighted by molar-refractivity contribution is 7.99. The van der Waals surface area contributed by atoms with Crippen molar-refractivity contribution in [3.63, 3.8) is 0 Å². The largest absolute Gasteiger partial charge is 0.307 e. The first-order valence-corrected chi connectivity index (χ1v) is 7.63. The van der Waals surface area contributed by atoms with E-state index in [1.165, 1.54) is 0 Å². The number of carbonyl (C=O) groups is 1. The minimum Gasteiger partial charge on any atom is -0.307 e. The van der Waals surface area contributed by atoms with Crippen LogP contribution in [0, 0.1) is 11.6 Å². The summed E-state index contributed by atoms with van der Waals surface area (Å²) < 4.78 is 26.6. The molecular formula is C16H13F2NOS. The fourth-order valence-electron chi connectivity index (χ4n) is 2.37. The second-order valence-electron chi connectivity index (χ2n) is 4.78. The standard InChI is InChI=1S/C16H13F2NOS/c17-12-8-11(9-13(18)10-12)16(20)19-6-3-7-21-15-5-2-1-4-14(15)19/h1-2,4-5,8-10H,3,6-7H2. The van der Waals surface area contributed by atoms with Crippen LogP contribution in [0.15, 0.2) is 47.4 Å². The molecule has 0 atom stereocenters. The number of nitrogens with zero attached hydrogens (tertiary/aromatic N) is 1. The van der Waals surface area contributed by atoms with Crippen molar-refractivity contribution in [1.82, 2.24) is 0 Å². The molecule has 1 amide bonds. The predicted molar refractivity (Wildman–Crippen MR) is 79.8 cm³/mol. The average molecular weight is 305 g/mol. The molecule has 0 aromatic heterocycles. The van der Waals surface area contributed by atoms with E-state index in [-0.39, 0.29) is 11.5 Å². The van der Waals surface area contributed by atoms with Gasteiger partial charge in [0.2, 0.25) is 0 Å². The van der Waals surface area contributed by atoms with E-state index in [1.807, 2.05) is 24.3 Å². The van der Waals surface area contributed by atoms with E-state index >= 15 is 0 Å². The molecule has 21 heavy (non-hydrogen) atoms. The van der Waals surface area contributed by atoms with Gasteiger partial charge in [0.15, 0.2) is 0 Å². The Morgan fingerprint density at radius 1 is 1.10 bits per heavy atom. The van der Waals surface area contributed by atoms with Crippen molar-refractivity contribution in [3.05, 3.63) is 59.7 Å². The molecule has 0 fully saturated rings. The molecule has 0 saturated carbocycles. The third kappa shape index (κ3) is 2.93. The predicted octanol–water partition coefficient (Wildman–Crippen LogP) is 4.11. The van der Waals surface area contributed by atoms with Crippen LogP contribution < -0.4 is 4.90 Å². The number of hydrogen-bond donors (Lipinski definition) is 0. The Hall–Kier alpha value is -1.88. The first kappa shape index (κ1) is 14.1. The number of fused-ring (bicyclic) bond motifs is 1. The van der Waals surface area contributed by atoms with Crippen molar-refractivity contribution >= 4 is 23.4 Å². The van der Waals surface area contributed by atoms with Crippen molar-refractivity contribution < 1.29 is 13.6 Å². The molecule has 0 radical (unpaired) electrons. The topological polar surface area (TPSA) is 20.3 Å². The highest BCUT2D eigenvalue weighted by Crippen LogP contribution is 2.34. The van der Waals surface area contributed by atoms with Gasteiger partial charge < -0.3 is 4.90 Å². The molecule has 1 aliphatic heterocycles. The van der Waals surface area contributed by atoms with Gasteiger partial charge in [-0.25, -0.2) is 8.78 Å². The first-order valence-electron chi connectivity index (χ1n) is 6.65. The van der Waals surface area contributed by atoms with Crippen LogP contribution >= 0.6 is 11.8 Å². The summed E-state index contributed by atoms with van der Waals surface area (Å²) in [4.78, 5) is 15.2. The highest BCUT2D eigenvalue weighted by Gasteiger charge is 2.23. The molecule has 0 spiro atoms. The Labute approximate surface area is 125 Å². The number of para-hydroxylation sites is 1. The Kier molecular flexibility index (Phi) is 3.92. The van der Waals surface area contributed by atoms with Crippen LogP contribution in [0.25, 0.3) is 0 Å². The summed E-state index contributed by atoms with van der Waals surface area (Å²) in [5.74, 6) is -0.937. The smallest absolute Gasteiger partial charge is 0.258 e. The van der Waals surface area contributed by atoms with E-state index in [4.69, 9.17) is 0 Å². The minimum atomic E-state index is -0.740. The summed E-state index contributed by atoms with van der Waals surface area (Å²) in [5, 5.41) is 0. The van der Waals surface area contributed by atoms with Crippen LogP contribution in [0.5, 0.6) is 0 Å². The van der Waals surface area contributed by atoms with Gasteiger partial charge in [0, 0.05) is 23.1 Å². The molecule has 0 aliphatic carbocycles. The van der Waals surface area contributed by atoms with E-state index < -0.39 is 11.6 Å². The second kappa shape index (κ2) is 5.85. The molecule has 3 rings (SSSR count). The summed E-state index contributed by atoms with van der Waals surface area (Å²) in [6.07, 6.45) is 0.836. The van der Waals surface area contributed by atoms with Crippen LogP contribution in [-0.2, 0) is 0 Å². The number of carbonyl (C=O) groups excluding carboxylic acids is 1. The van der Waals surface area contributed by atoms with Crippen LogP contribution in [-0.4, -0.2) is 18.2 Å². The molecular weight excluding hydrogens is 292 g/mol. The number of halogens is 2. The monoisotopic (exact) mass is 305 g/mol. The number of amides is 1. The average Bonchev–Trinajstić information content (AvgIpc) is 2.68. The van der Waals surface area contributed by atoms with Crippen molar-refractivity contribution in [2.75, 3.05) is 17.2 Å². The molecule has 2 nitrogen and oxygen atoms in total. The maximum absolute atomic E-state index is 13.3. The van der Waals surface area contributed by atoms with Gasteiger partial charge in [-0.2, -0.15) is 0 Å². The van der Waals surface area contributed by atoms with Crippen LogP contribution in [0.1, 0.15) is 16.8 Å². The van der Waals surface area contributed by atoms with Gasteiger partial charge in [-0.05, 0) is 36.4 Å². The molecule has 108 valence electrons. The Morgan fingerprint density at radius 2 is 1.81 bits per heavy atom. The number of thioether (sulfide) groups is 1. The van der Waals surface area contributed by atoms with E-state index in [1.54, 1.807) is 16.7 Å². The van der Waals surface area contributed by atoms with E-state index in [2.05, 4.69) is 0 Å². The zero-order valence-electron chi connectivity index (χ0n) is 11.2. The fraction of sp³-hybridized carbons (Fsp3) is 0.188. The Morgan fingerprint density at radius 3 is 2.57 bits per heavy atom. The molecule has 1 heterocycles. The summed E-state index contributed by atoms with van der Waals surface area (Å²) in [6, 6.07) is 10.5. The third-order valence-corrected chi connectivity index (χ3v) is 4.44. The maximum Gasteiger partial charge on any atom is 0.258 e. The van der Waals surface area contributed by atoms with Gasteiger partial charge in [0.1, 0.15) is 11.6 Å². The van der Waals surface area contributed by atoms with E-state index in [0.717, 1.165) is 41.0 Å². The number of anilines is 1. The summed E-state index contributed by atoms with van der Waals surface area (Å²) >= 11 is 1.69. The van der Waals surface area contributed by atoms with Gasteiger partial charge in [-0.15, -0.1) is 11.8 Å². The summed E-state index contributed by atoms with van der Waals surface area (Å²) in [5.41, 5.74) is 0.837. The number of hydrogen-bond acceptors (Lipinski definition) is 2. The van der Waals surface area contributed by atoms with Gasteiger partial charge >= 0.3 is 0 Å². The normalized spacial score (nSPS) is 14.5. The minimum absolute atomic E-state index is 0.0363. The lowest BCUT2D eigenvalue weighted by Gasteiger charge is -2.22. The molecule has 1 aliphatic rings. The zero-order chi connectivity index (χ0) is 14.8.